The van der Waals surface area contributed by atoms with Crippen LogP contribution in [0, 0.1) is 7.43 Å². The number of aromatic nitrogens is 1. The van der Waals surface area contributed by atoms with Crippen molar-refractivity contribution in [3.05, 3.63) is 72.8 Å². The minimum Gasteiger partial charge on any atom is -0.358 e. The van der Waals surface area contributed by atoms with Crippen LogP contribution in [0.1, 0.15) is 36.5 Å². The molecule has 3 heteroatoms. The Balaban J connectivity index is 0.00000110. The molecular formula is C18H20NOW-. The first kappa shape index (κ1) is 17.6. The summed E-state index contributed by atoms with van der Waals surface area (Å²) in [4.78, 5) is 0. The largest absolute Gasteiger partial charge is 0.358 e. The monoisotopic (exact) mass is 450 g/mol. The van der Waals surface area contributed by atoms with E-state index in [4.69, 9.17) is 4.52 Å². The minimum absolute atomic E-state index is 0. The van der Waals surface area contributed by atoms with Crippen LogP contribution in [0.25, 0.3) is 11.0 Å². The van der Waals surface area contributed by atoms with Gasteiger partial charge >= 0.3 is 0 Å². The molecular weight excluding hydrogens is 430 g/mol. The molecule has 0 N–H and O–H groups in total. The van der Waals surface area contributed by atoms with E-state index >= 15 is 0 Å². The average Bonchev–Trinajstić information content (AvgIpc) is 2.87. The molecule has 0 radical (unpaired) electrons. The fraction of sp³-hybridized carbons (Fsp3) is 0.222. The molecule has 0 aliphatic heterocycles. The summed E-state index contributed by atoms with van der Waals surface area (Å²) in [6.07, 6.45) is 2.67. The predicted molar refractivity (Wildman–Crippen MR) is 83.8 cm³/mol. The molecule has 0 bridgehead atoms. The van der Waals surface area contributed by atoms with E-state index < -0.39 is 0 Å². The molecule has 2 nitrogen and oxygen atoms in total. The Morgan fingerprint density at radius 3 is 2.33 bits per heavy atom. The van der Waals surface area contributed by atoms with Crippen molar-refractivity contribution < 1.29 is 25.6 Å². The van der Waals surface area contributed by atoms with E-state index in [-0.39, 0.29) is 28.5 Å². The fourth-order valence-corrected chi connectivity index (χ4v) is 2.27. The number of hydrogen-bond donors (Lipinski definition) is 0. The van der Waals surface area contributed by atoms with Gasteiger partial charge in [0.1, 0.15) is 0 Å². The summed E-state index contributed by atoms with van der Waals surface area (Å²) in [6, 6.07) is 15.1. The van der Waals surface area contributed by atoms with Crippen molar-refractivity contribution in [2.45, 2.75) is 26.2 Å². The van der Waals surface area contributed by atoms with Gasteiger partial charge in [-0.05, 0) is 41.2 Å². The molecule has 0 atom stereocenters. The summed E-state index contributed by atoms with van der Waals surface area (Å²) >= 11 is 0. The first-order chi connectivity index (χ1) is 9.22. The fourth-order valence-electron chi connectivity index (χ4n) is 2.27. The molecule has 0 unspecified atom stereocenters. The zero-order chi connectivity index (χ0) is 13.2. The van der Waals surface area contributed by atoms with Crippen LogP contribution in [-0.2, 0) is 27.5 Å². The van der Waals surface area contributed by atoms with Crippen molar-refractivity contribution in [1.82, 2.24) is 5.16 Å². The second-order valence-corrected chi connectivity index (χ2v) is 5.27. The molecule has 110 valence electrons. The van der Waals surface area contributed by atoms with E-state index in [1.165, 1.54) is 16.7 Å². The summed E-state index contributed by atoms with van der Waals surface area (Å²) in [5.41, 5.74) is 4.82. The number of hydrogen-bond acceptors (Lipinski definition) is 2. The van der Waals surface area contributed by atoms with Crippen molar-refractivity contribution in [3.8, 4) is 0 Å². The van der Waals surface area contributed by atoms with Gasteiger partial charge < -0.3 is 11.9 Å². The SMILES string of the molecule is CC(C)c1ccc(Cc2ccc3cnoc3c2)cc1.[CH3-].[W]. The van der Waals surface area contributed by atoms with Gasteiger partial charge in [-0.3, -0.25) is 0 Å². The molecule has 2 aromatic carbocycles. The molecule has 21 heavy (non-hydrogen) atoms. The predicted octanol–water partition coefficient (Wildman–Crippen LogP) is 4.99. The van der Waals surface area contributed by atoms with E-state index in [0.29, 0.717) is 5.92 Å². The van der Waals surface area contributed by atoms with Crippen LogP contribution in [0.4, 0.5) is 0 Å². The third-order valence-corrected chi connectivity index (χ3v) is 3.48. The third-order valence-electron chi connectivity index (χ3n) is 3.48. The summed E-state index contributed by atoms with van der Waals surface area (Å²) in [5, 5.41) is 4.86. The summed E-state index contributed by atoms with van der Waals surface area (Å²) < 4.78 is 5.20. The summed E-state index contributed by atoms with van der Waals surface area (Å²) in [7, 11) is 0. The van der Waals surface area contributed by atoms with E-state index in [1.54, 1.807) is 6.20 Å². The standard InChI is InChI=1S/C17H17NO.CH3.W/c1-12(2)15-6-3-13(4-7-15)9-14-5-8-16-11-18-19-17(16)10-14;;/h3-8,10-12H,9H2,1-2H3;1H3;/q;-1;. The third kappa shape index (κ3) is 4.04. The Hall–Kier alpha value is -1.40. The van der Waals surface area contributed by atoms with E-state index in [1.807, 2.05) is 0 Å². The van der Waals surface area contributed by atoms with Gasteiger partial charge in [-0.2, -0.15) is 0 Å². The first-order valence-corrected chi connectivity index (χ1v) is 6.64. The zero-order valence-corrected chi connectivity index (χ0v) is 15.6. The van der Waals surface area contributed by atoms with Gasteiger partial charge in [-0.15, -0.1) is 0 Å². The number of fused-ring (bicyclic) bond motifs is 1. The Morgan fingerprint density at radius 2 is 1.67 bits per heavy atom. The molecule has 0 amide bonds. The van der Waals surface area contributed by atoms with Gasteiger partial charge in [-0.25, -0.2) is 0 Å². The molecule has 0 aliphatic carbocycles. The van der Waals surface area contributed by atoms with Crippen molar-refractivity contribution in [1.29, 1.82) is 0 Å². The molecule has 0 spiro atoms. The molecule has 1 heterocycles. The summed E-state index contributed by atoms with van der Waals surface area (Å²) in [6.45, 7) is 4.43. The van der Waals surface area contributed by atoms with Gasteiger partial charge in [0.05, 0.1) is 6.20 Å². The normalized spacial score (nSPS) is 10.2. The summed E-state index contributed by atoms with van der Waals surface area (Å²) in [5.74, 6) is 0.583. The van der Waals surface area contributed by atoms with Crippen molar-refractivity contribution in [2.75, 3.05) is 0 Å². The van der Waals surface area contributed by atoms with Crippen molar-refractivity contribution in [3.63, 3.8) is 0 Å². The maximum Gasteiger partial charge on any atom is 0.167 e. The quantitative estimate of drug-likeness (QED) is 0.526. The number of nitrogens with zero attached hydrogens (tertiary/aromatic N) is 1. The van der Waals surface area contributed by atoms with Gasteiger partial charge in [0.25, 0.3) is 0 Å². The van der Waals surface area contributed by atoms with Gasteiger partial charge in [0, 0.05) is 26.5 Å². The van der Waals surface area contributed by atoms with Gasteiger partial charge in [0.15, 0.2) is 5.58 Å². The van der Waals surface area contributed by atoms with E-state index in [9.17, 15) is 0 Å². The van der Waals surface area contributed by atoms with E-state index in [0.717, 1.165) is 17.4 Å². The number of benzene rings is 2. The molecule has 0 saturated heterocycles. The Labute approximate surface area is 140 Å². The molecule has 1 aromatic heterocycles. The maximum absolute atomic E-state index is 5.20. The van der Waals surface area contributed by atoms with Crippen LogP contribution in [0.5, 0.6) is 0 Å². The second kappa shape index (κ2) is 7.56. The molecule has 3 rings (SSSR count). The second-order valence-electron chi connectivity index (χ2n) is 5.27. The Morgan fingerprint density at radius 1 is 1.00 bits per heavy atom. The Bertz CT molecular complexity index is 686. The zero-order valence-electron chi connectivity index (χ0n) is 12.7. The topological polar surface area (TPSA) is 26.0 Å². The smallest absolute Gasteiger partial charge is 0.167 e. The average molecular weight is 450 g/mol. The van der Waals surface area contributed by atoms with Crippen LogP contribution in [-0.4, -0.2) is 5.16 Å². The number of rotatable bonds is 3. The Kier molecular flexibility index (Phi) is 6.36. The van der Waals surface area contributed by atoms with Crippen LogP contribution >= 0.6 is 0 Å². The van der Waals surface area contributed by atoms with Crippen molar-refractivity contribution in [2.24, 2.45) is 0 Å². The van der Waals surface area contributed by atoms with E-state index in [2.05, 4.69) is 61.5 Å². The van der Waals surface area contributed by atoms with Crippen LogP contribution < -0.4 is 0 Å². The van der Waals surface area contributed by atoms with Crippen LogP contribution in [0.15, 0.2) is 53.2 Å². The molecule has 0 saturated carbocycles. The molecule has 0 fully saturated rings. The van der Waals surface area contributed by atoms with Crippen LogP contribution in [0.3, 0.4) is 0 Å². The molecule has 3 aromatic rings. The van der Waals surface area contributed by atoms with Crippen molar-refractivity contribution >= 4 is 11.0 Å². The van der Waals surface area contributed by atoms with Gasteiger partial charge in [0.2, 0.25) is 0 Å². The van der Waals surface area contributed by atoms with Gasteiger partial charge in [-0.1, -0.05) is 49.3 Å². The van der Waals surface area contributed by atoms with Crippen LogP contribution in [0.2, 0.25) is 0 Å². The maximum atomic E-state index is 5.20. The molecule has 0 aliphatic rings. The first-order valence-electron chi connectivity index (χ1n) is 6.64. The minimum atomic E-state index is 0.